The van der Waals surface area contributed by atoms with Gasteiger partial charge in [-0.05, 0) is 39.2 Å². The highest BCUT2D eigenvalue weighted by Crippen LogP contribution is 2.35. The third kappa shape index (κ3) is 4.60. The van der Waals surface area contributed by atoms with Crippen molar-refractivity contribution in [3.63, 3.8) is 0 Å². The number of carboxylic acid groups (broad SMARTS) is 1. The highest BCUT2D eigenvalue weighted by Gasteiger charge is 2.42. The van der Waals surface area contributed by atoms with Crippen LogP contribution in [0.3, 0.4) is 0 Å². The predicted octanol–water partition coefficient (Wildman–Crippen LogP) is 1.06. The minimum Gasteiger partial charge on any atom is -0.481 e. The van der Waals surface area contributed by atoms with Crippen molar-refractivity contribution in [2.24, 2.45) is 11.8 Å². The lowest BCUT2D eigenvalue weighted by molar-refractivity contribution is -0.146. The molecule has 0 saturated heterocycles. The number of carbonyl (C=O) groups is 1. The molecule has 0 aliphatic heterocycles. The number of aliphatic hydroxyl groups is 2. The summed E-state index contributed by atoms with van der Waals surface area (Å²) in [5, 5.41) is 29.0. The predicted molar refractivity (Wildman–Crippen MR) is 72.5 cm³/mol. The van der Waals surface area contributed by atoms with Gasteiger partial charge in [0.1, 0.15) is 6.23 Å². The molecule has 0 aromatic carbocycles. The number of rotatable bonds is 8. The largest absolute Gasteiger partial charge is 0.481 e. The maximum Gasteiger partial charge on any atom is 0.307 e. The highest BCUT2D eigenvalue weighted by atomic mass is 16.4. The first-order valence-corrected chi connectivity index (χ1v) is 6.87. The molecule has 3 N–H and O–H groups in total. The van der Waals surface area contributed by atoms with Crippen molar-refractivity contribution in [2.45, 2.75) is 44.4 Å². The van der Waals surface area contributed by atoms with Crippen LogP contribution in [0.15, 0.2) is 12.7 Å². The molecule has 1 aliphatic carbocycles. The average Bonchev–Trinajstić information content (AvgIpc) is 2.75. The Balaban J connectivity index is 2.47. The van der Waals surface area contributed by atoms with E-state index in [-0.39, 0.29) is 6.42 Å². The summed E-state index contributed by atoms with van der Waals surface area (Å²) in [6.07, 6.45) is 3.93. The van der Waals surface area contributed by atoms with Crippen LogP contribution in [0.2, 0.25) is 0 Å². The maximum atomic E-state index is 11.1. The number of hydrogen-bond acceptors (Lipinski definition) is 4. The Labute approximate surface area is 114 Å². The van der Waals surface area contributed by atoms with E-state index in [1.54, 1.807) is 11.9 Å². The molecule has 5 nitrogen and oxygen atoms in total. The number of unbranched alkanes of at least 4 members (excludes halogenated alkanes) is 2. The van der Waals surface area contributed by atoms with E-state index < -0.39 is 30.1 Å². The summed E-state index contributed by atoms with van der Waals surface area (Å²) in [5.41, 5.74) is 0. The van der Waals surface area contributed by atoms with Gasteiger partial charge in [0.15, 0.2) is 0 Å². The van der Waals surface area contributed by atoms with E-state index in [9.17, 15) is 15.0 Å². The number of nitrogens with zero attached hydrogens (tertiary/aromatic N) is 1. The molecule has 0 bridgehead atoms. The molecule has 0 aromatic rings. The molecule has 1 aliphatic rings. The SMILES string of the molecule is C=CCCCCN(C)C(O)[C@@H]1C[C@@H](O)C[C@H]1C(=O)O. The van der Waals surface area contributed by atoms with Gasteiger partial charge in [-0.15, -0.1) is 6.58 Å². The zero-order valence-electron chi connectivity index (χ0n) is 11.5. The molecule has 0 aromatic heterocycles. The second-order valence-corrected chi connectivity index (χ2v) is 5.41. The molecular formula is C14H25NO4. The second-order valence-electron chi connectivity index (χ2n) is 5.41. The lowest BCUT2D eigenvalue weighted by Gasteiger charge is -2.30. The fourth-order valence-electron chi connectivity index (χ4n) is 2.77. The maximum absolute atomic E-state index is 11.1. The number of aliphatic carboxylic acids is 1. The van der Waals surface area contributed by atoms with E-state index >= 15 is 0 Å². The van der Waals surface area contributed by atoms with Crippen molar-refractivity contribution in [3.05, 3.63) is 12.7 Å². The van der Waals surface area contributed by atoms with Crippen molar-refractivity contribution in [2.75, 3.05) is 13.6 Å². The van der Waals surface area contributed by atoms with Crippen LogP contribution in [0.25, 0.3) is 0 Å². The molecule has 0 radical (unpaired) electrons. The smallest absolute Gasteiger partial charge is 0.307 e. The van der Waals surface area contributed by atoms with Crippen molar-refractivity contribution in [1.29, 1.82) is 0 Å². The molecule has 110 valence electrons. The monoisotopic (exact) mass is 271 g/mol. The summed E-state index contributed by atoms with van der Waals surface area (Å²) in [7, 11) is 1.79. The Hall–Kier alpha value is -0.910. The normalized spacial score (nSPS) is 28.5. The van der Waals surface area contributed by atoms with E-state index in [0.717, 1.165) is 19.3 Å². The summed E-state index contributed by atoms with van der Waals surface area (Å²) in [6.45, 7) is 4.37. The Morgan fingerprint density at radius 1 is 1.47 bits per heavy atom. The van der Waals surface area contributed by atoms with Gasteiger partial charge in [0, 0.05) is 12.5 Å². The van der Waals surface area contributed by atoms with Crippen LogP contribution in [-0.4, -0.2) is 52.1 Å². The van der Waals surface area contributed by atoms with Gasteiger partial charge < -0.3 is 15.3 Å². The fraction of sp³-hybridized carbons (Fsp3) is 0.786. The van der Waals surface area contributed by atoms with Gasteiger partial charge in [-0.25, -0.2) is 0 Å². The van der Waals surface area contributed by atoms with Gasteiger partial charge in [-0.1, -0.05) is 6.08 Å². The summed E-state index contributed by atoms with van der Waals surface area (Å²) < 4.78 is 0. The topological polar surface area (TPSA) is 81.0 Å². The van der Waals surface area contributed by atoms with Gasteiger partial charge in [0.05, 0.1) is 12.0 Å². The second kappa shape index (κ2) is 7.62. The van der Waals surface area contributed by atoms with Crippen LogP contribution in [0.5, 0.6) is 0 Å². The summed E-state index contributed by atoms with van der Waals surface area (Å²) >= 11 is 0. The standard InChI is InChI=1S/C14H25NO4/c1-3-4-5-6-7-15(2)13(17)11-8-10(16)9-12(11)14(18)19/h3,10-13,16-17H,1,4-9H2,2H3,(H,18,19)/t10-,11-,12-,13?/m1/s1. The van der Waals surface area contributed by atoms with E-state index in [4.69, 9.17) is 5.11 Å². The number of carboxylic acids is 1. The third-order valence-electron chi connectivity index (χ3n) is 3.91. The van der Waals surface area contributed by atoms with E-state index in [1.165, 1.54) is 0 Å². The van der Waals surface area contributed by atoms with Gasteiger partial charge in [0.2, 0.25) is 0 Å². The summed E-state index contributed by atoms with van der Waals surface area (Å²) in [4.78, 5) is 12.9. The molecule has 5 heteroatoms. The van der Waals surface area contributed by atoms with E-state index in [1.807, 2.05) is 6.08 Å². The van der Waals surface area contributed by atoms with Crippen molar-refractivity contribution in [3.8, 4) is 0 Å². The number of aliphatic hydroxyl groups excluding tert-OH is 2. The summed E-state index contributed by atoms with van der Waals surface area (Å²) in [6, 6.07) is 0. The molecule has 0 amide bonds. The zero-order valence-corrected chi connectivity index (χ0v) is 11.5. The molecule has 0 heterocycles. The van der Waals surface area contributed by atoms with Crippen LogP contribution in [0, 0.1) is 11.8 Å². The minimum absolute atomic E-state index is 0.237. The van der Waals surface area contributed by atoms with Gasteiger partial charge in [-0.2, -0.15) is 0 Å². The van der Waals surface area contributed by atoms with E-state index in [0.29, 0.717) is 13.0 Å². The molecular weight excluding hydrogens is 246 g/mol. The van der Waals surface area contributed by atoms with Crippen LogP contribution < -0.4 is 0 Å². The van der Waals surface area contributed by atoms with Crippen LogP contribution in [0.1, 0.15) is 32.1 Å². The quantitative estimate of drug-likeness (QED) is 0.349. The van der Waals surface area contributed by atoms with Gasteiger partial charge in [-0.3, -0.25) is 9.69 Å². The lowest BCUT2D eigenvalue weighted by atomic mass is 9.94. The minimum atomic E-state index is -0.930. The fourth-order valence-corrected chi connectivity index (χ4v) is 2.77. The Bertz CT molecular complexity index is 308. The Morgan fingerprint density at radius 3 is 2.74 bits per heavy atom. The molecule has 0 spiro atoms. The van der Waals surface area contributed by atoms with Crippen LogP contribution in [0.4, 0.5) is 0 Å². The van der Waals surface area contributed by atoms with Crippen molar-refractivity contribution >= 4 is 5.97 Å². The molecule has 1 unspecified atom stereocenters. The number of hydrogen-bond donors (Lipinski definition) is 3. The molecule has 1 fully saturated rings. The third-order valence-corrected chi connectivity index (χ3v) is 3.91. The summed E-state index contributed by atoms with van der Waals surface area (Å²) in [5.74, 6) is -1.97. The van der Waals surface area contributed by atoms with Crippen LogP contribution >= 0.6 is 0 Å². The zero-order chi connectivity index (χ0) is 14.4. The van der Waals surface area contributed by atoms with Crippen LogP contribution in [-0.2, 0) is 4.79 Å². The first-order valence-electron chi connectivity index (χ1n) is 6.87. The van der Waals surface area contributed by atoms with E-state index in [2.05, 4.69) is 6.58 Å². The van der Waals surface area contributed by atoms with Gasteiger partial charge in [0.25, 0.3) is 0 Å². The highest BCUT2D eigenvalue weighted by molar-refractivity contribution is 5.71. The number of allylic oxidation sites excluding steroid dienone is 1. The van der Waals surface area contributed by atoms with Gasteiger partial charge >= 0.3 is 5.97 Å². The Kier molecular flexibility index (Phi) is 6.48. The average molecular weight is 271 g/mol. The molecule has 4 atom stereocenters. The molecule has 1 saturated carbocycles. The molecule has 1 rings (SSSR count). The first-order chi connectivity index (χ1) is 8.97. The first kappa shape index (κ1) is 16.1. The Morgan fingerprint density at radius 2 is 2.16 bits per heavy atom. The lowest BCUT2D eigenvalue weighted by Crippen LogP contribution is -2.41. The van der Waals surface area contributed by atoms with Crippen molar-refractivity contribution in [1.82, 2.24) is 4.90 Å². The molecule has 19 heavy (non-hydrogen) atoms. The van der Waals surface area contributed by atoms with Crippen molar-refractivity contribution < 1.29 is 20.1 Å².